The van der Waals surface area contributed by atoms with E-state index in [0.29, 0.717) is 22.5 Å². The van der Waals surface area contributed by atoms with Gasteiger partial charge in [0.15, 0.2) is 5.17 Å². The van der Waals surface area contributed by atoms with Gasteiger partial charge in [-0.1, -0.05) is 36.4 Å². The third-order valence-electron chi connectivity index (χ3n) is 3.02. The monoisotopic (exact) mass is 297 g/mol. The SMILES string of the molecule is COc1c(Cl)cccc1C1=NN(C(=N)SC)CC1C. The first-order valence-electron chi connectivity index (χ1n) is 5.90. The Kier molecular flexibility index (Phi) is 4.37. The standard InChI is InChI=1S/C13H16ClN3OS/c1-8-7-17(13(15)19-3)16-11(8)9-5-4-6-10(14)12(9)18-2/h4-6,8,15H,7H2,1-3H3. The Morgan fingerprint density at radius 3 is 2.95 bits per heavy atom. The van der Waals surface area contributed by atoms with Crippen LogP contribution in [0.15, 0.2) is 23.3 Å². The Bertz CT molecular complexity index is 533. The average molecular weight is 298 g/mol. The van der Waals surface area contributed by atoms with Gasteiger partial charge in [-0.2, -0.15) is 5.10 Å². The van der Waals surface area contributed by atoms with Crippen molar-refractivity contribution in [1.82, 2.24) is 5.01 Å². The van der Waals surface area contributed by atoms with Gasteiger partial charge < -0.3 is 4.74 Å². The summed E-state index contributed by atoms with van der Waals surface area (Å²) in [5.74, 6) is 0.882. The van der Waals surface area contributed by atoms with Crippen molar-refractivity contribution in [2.75, 3.05) is 19.9 Å². The van der Waals surface area contributed by atoms with E-state index in [2.05, 4.69) is 12.0 Å². The van der Waals surface area contributed by atoms with E-state index in [1.165, 1.54) is 11.8 Å². The third-order valence-corrected chi connectivity index (χ3v) is 3.91. The summed E-state index contributed by atoms with van der Waals surface area (Å²) in [6.07, 6.45) is 1.88. The predicted octanol–water partition coefficient (Wildman–Crippen LogP) is 3.30. The number of amidine groups is 1. The highest BCUT2D eigenvalue weighted by atomic mass is 35.5. The smallest absolute Gasteiger partial charge is 0.176 e. The van der Waals surface area contributed by atoms with Crippen LogP contribution in [0.1, 0.15) is 12.5 Å². The molecule has 1 aromatic rings. The molecule has 0 fully saturated rings. The highest BCUT2D eigenvalue weighted by molar-refractivity contribution is 8.13. The van der Waals surface area contributed by atoms with Crippen molar-refractivity contribution in [3.05, 3.63) is 28.8 Å². The van der Waals surface area contributed by atoms with E-state index in [0.717, 1.165) is 11.3 Å². The van der Waals surface area contributed by atoms with E-state index >= 15 is 0 Å². The fourth-order valence-electron chi connectivity index (χ4n) is 2.09. The van der Waals surface area contributed by atoms with Gasteiger partial charge in [0.1, 0.15) is 5.75 Å². The summed E-state index contributed by atoms with van der Waals surface area (Å²) in [4.78, 5) is 0. The molecule has 1 N–H and O–H groups in total. The van der Waals surface area contributed by atoms with Crippen LogP contribution in [0, 0.1) is 11.3 Å². The zero-order valence-electron chi connectivity index (χ0n) is 11.1. The van der Waals surface area contributed by atoms with Crippen molar-refractivity contribution in [3.8, 4) is 5.75 Å². The molecule has 1 aromatic carbocycles. The number of hydrogen-bond donors (Lipinski definition) is 1. The van der Waals surface area contributed by atoms with E-state index in [9.17, 15) is 0 Å². The minimum absolute atomic E-state index is 0.236. The molecule has 19 heavy (non-hydrogen) atoms. The molecule has 1 aliphatic heterocycles. The largest absolute Gasteiger partial charge is 0.494 e. The zero-order chi connectivity index (χ0) is 14.0. The number of methoxy groups -OCH3 is 1. The van der Waals surface area contributed by atoms with Gasteiger partial charge in [0.25, 0.3) is 0 Å². The van der Waals surface area contributed by atoms with Crippen molar-refractivity contribution < 1.29 is 4.74 Å². The Hall–Kier alpha value is -1.20. The lowest BCUT2D eigenvalue weighted by molar-refractivity contribution is 0.414. The minimum atomic E-state index is 0.236. The third kappa shape index (κ3) is 2.72. The minimum Gasteiger partial charge on any atom is -0.494 e. The second-order valence-corrected chi connectivity index (χ2v) is 5.50. The first kappa shape index (κ1) is 14.2. The highest BCUT2D eigenvalue weighted by Gasteiger charge is 2.28. The van der Waals surface area contributed by atoms with Gasteiger partial charge in [-0.15, -0.1) is 0 Å². The van der Waals surface area contributed by atoms with Crippen molar-refractivity contribution >= 4 is 34.2 Å². The fraction of sp³-hybridized carbons (Fsp3) is 0.385. The van der Waals surface area contributed by atoms with Gasteiger partial charge in [-0.05, 0) is 18.4 Å². The molecule has 0 saturated heterocycles. The van der Waals surface area contributed by atoms with Crippen molar-refractivity contribution in [2.24, 2.45) is 11.0 Å². The Morgan fingerprint density at radius 1 is 1.58 bits per heavy atom. The molecule has 102 valence electrons. The van der Waals surface area contributed by atoms with Gasteiger partial charge in [-0.3, -0.25) is 5.41 Å². The maximum atomic E-state index is 7.84. The Balaban J connectivity index is 2.41. The van der Waals surface area contributed by atoms with E-state index in [-0.39, 0.29) is 5.92 Å². The number of para-hydroxylation sites is 1. The predicted molar refractivity (Wildman–Crippen MR) is 81.7 cm³/mol. The van der Waals surface area contributed by atoms with E-state index in [4.69, 9.17) is 21.7 Å². The topological polar surface area (TPSA) is 48.7 Å². The van der Waals surface area contributed by atoms with E-state index in [1.807, 2.05) is 18.4 Å². The van der Waals surface area contributed by atoms with Crippen molar-refractivity contribution in [2.45, 2.75) is 6.92 Å². The summed E-state index contributed by atoms with van der Waals surface area (Å²) in [5, 5.41) is 15.1. The zero-order valence-corrected chi connectivity index (χ0v) is 12.7. The fourth-order valence-corrected chi connectivity index (χ4v) is 2.66. The molecular formula is C13H16ClN3OS. The Morgan fingerprint density at radius 2 is 2.32 bits per heavy atom. The highest BCUT2D eigenvalue weighted by Crippen LogP contribution is 2.32. The van der Waals surface area contributed by atoms with Crippen LogP contribution < -0.4 is 4.74 Å². The first-order chi connectivity index (χ1) is 9.08. The molecule has 2 rings (SSSR count). The molecule has 0 radical (unpaired) electrons. The van der Waals surface area contributed by atoms with Gasteiger partial charge in [0.05, 0.1) is 24.4 Å². The molecule has 4 nitrogen and oxygen atoms in total. The molecule has 0 aromatic heterocycles. The second kappa shape index (κ2) is 5.84. The Labute approximate surface area is 122 Å². The summed E-state index contributed by atoms with van der Waals surface area (Å²) < 4.78 is 5.37. The van der Waals surface area contributed by atoms with Crippen molar-refractivity contribution in [3.63, 3.8) is 0 Å². The second-order valence-electron chi connectivity index (χ2n) is 4.30. The summed E-state index contributed by atoms with van der Waals surface area (Å²) in [7, 11) is 1.60. The molecule has 1 heterocycles. The molecule has 0 aliphatic carbocycles. The van der Waals surface area contributed by atoms with Gasteiger partial charge in [0.2, 0.25) is 0 Å². The summed E-state index contributed by atoms with van der Waals surface area (Å²) >= 11 is 7.52. The molecule has 0 spiro atoms. The molecule has 1 aliphatic rings. The molecule has 0 bridgehead atoms. The lowest BCUT2D eigenvalue weighted by Crippen LogP contribution is -2.22. The van der Waals surface area contributed by atoms with Crippen LogP contribution in [-0.2, 0) is 0 Å². The van der Waals surface area contributed by atoms with Crippen LogP contribution >= 0.6 is 23.4 Å². The maximum Gasteiger partial charge on any atom is 0.176 e. The average Bonchev–Trinajstić information content (AvgIpc) is 2.79. The van der Waals surface area contributed by atoms with Crippen LogP contribution in [0.25, 0.3) is 0 Å². The van der Waals surface area contributed by atoms with Crippen molar-refractivity contribution in [1.29, 1.82) is 5.41 Å². The number of ether oxygens (including phenoxy) is 1. The number of nitrogens with zero attached hydrogens (tertiary/aromatic N) is 2. The van der Waals surface area contributed by atoms with E-state index in [1.54, 1.807) is 18.2 Å². The molecular weight excluding hydrogens is 282 g/mol. The van der Waals surface area contributed by atoms with Gasteiger partial charge in [-0.25, -0.2) is 5.01 Å². The number of thioether (sulfide) groups is 1. The summed E-state index contributed by atoms with van der Waals surface area (Å²) in [5.41, 5.74) is 1.82. The van der Waals surface area contributed by atoms with Gasteiger partial charge in [0, 0.05) is 11.5 Å². The van der Waals surface area contributed by atoms with Crippen LogP contribution in [0.4, 0.5) is 0 Å². The molecule has 1 unspecified atom stereocenters. The molecule has 0 amide bonds. The van der Waals surface area contributed by atoms with Crippen LogP contribution in [0.3, 0.4) is 0 Å². The maximum absolute atomic E-state index is 7.84. The number of hydrogen-bond acceptors (Lipinski definition) is 4. The number of hydrazone groups is 1. The van der Waals surface area contributed by atoms with E-state index < -0.39 is 0 Å². The number of rotatable bonds is 2. The van der Waals surface area contributed by atoms with Crippen LogP contribution in [0.2, 0.25) is 5.02 Å². The number of benzene rings is 1. The summed E-state index contributed by atoms with van der Waals surface area (Å²) in [6.45, 7) is 2.80. The molecule has 6 heteroatoms. The first-order valence-corrected chi connectivity index (χ1v) is 7.50. The number of nitrogens with one attached hydrogen (secondary N) is 1. The quantitative estimate of drug-likeness (QED) is 0.673. The molecule has 0 saturated carbocycles. The normalized spacial score (nSPS) is 18.4. The summed E-state index contributed by atoms with van der Waals surface area (Å²) in [6, 6.07) is 5.63. The molecule has 1 atom stereocenters. The lowest BCUT2D eigenvalue weighted by Gasteiger charge is -2.12. The van der Waals surface area contributed by atoms with Gasteiger partial charge >= 0.3 is 0 Å². The van der Waals surface area contributed by atoms with Crippen LogP contribution in [0.5, 0.6) is 5.75 Å². The number of halogens is 1. The van der Waals surface area contributed by atoms with Crippen LogP contribution in [-0.4, -0.2) is 35.8 Å². The lowest BCUT2D eigenvalue weighted by atomic mass is 9.98.